The molecule has 1 fully saturated rings. The molecule has 2 rings (SSSR count). The van der Waals surface area contributed by atoms with Gasteiger partial charge in [-0.1, -0.05) is 0 Å². The number of hydrogen-bond acceptors (Lipinski definition) is 4. The standard InChI is InChI=1S/C12H19BrN4O2/c1-8-10(13)9(16(2)15-8)6-17-5-3-4-12(19,7-17)11(14)18/h19H,3-7H2,1-2H3,(H2,14,18)/t12-/m0/s1. The van der Waals surface area contributed by atoms with Crippen molar-refractivity contribution in [3.8, 4) is 0 Å². The molecule has 6 nitrogen and oxygen atoms in total. The number of likely N-dealkylation sites (tertiary alicyclic amines) is 1. The summed E-state index contributed by atoms with van der Waals surface area (Å²) in [5, 5.41) is 14.5. The van der Waals surface area contributed by atoms with Crippen LogP contribution in [0.15, 0.2) is 4.47 Å². The van der Waals surface area contributed by atoms with Crippen LogP contribution in [0, 0.1) is 6.92 Å². The number of piperidine rings is 1. The molecule has 0 unspecified atom stereocenters. The lowest BCUT2D eigenvalue weighted by atomic mass is 9.92. The average Bonchev–Trinajstić information content (AvgIpc) is 2.56. The second-order valence-corrected chi connectivity index (χ2v) is 5.97. The molecule has 7 heteroatoms. The molecule has 1 aromatic rings. The Kier molecular flexibility index (Phi) is 3.98. The van der Waals surface area contributed by atoms with Crippen LogP contribution in [0.4, 0.5) is 0 Å². The molecule has 1 aromatic heterocycles. The third-order valence-corrected chi connectivity index (χ3v) is 4.68. The molecular formula is C12H19BrN4O2. The first kappa shape index (κ1) is 14.5. The van der Waals surface area contributed by atoms with Gasteiger partial charge in [-0.15, -0.1) is 0 Å². The number of aliphatic hydroxyl groups is 1. The summed E-state index contributed by atoms with van der Waals surface area (Å²) in [5.41, 5.74) is 5.84. The first-order valence-corrected chi connectivity index (χ1v) is 7.05. The van der Waals surface area contributed by atoms with Gasteiger partial charge < -0.3 is 10.8 Å². The van der Waals surface area contributed by atoms with Crippen LogP contribution in [-0.2, 0) is 18.4 Å². The lowest BCUT2D eigenvalue weighted by Crippen LogP contribution is -2.55. The van der Waals surface area contributed by atoms with E-state index in [1.54, 1.807) is 0 Å². The number of halogens is 1. The Morgan fingerprint density at radius 2 is 2.32 bits per heavy atom. The molecule has 0 radical (unpaired) electrons. The van der Waals surface area contributed by atoms with Crippen LogP contribution in [0.5, 0.6) is 0 Å². The fraction of sp³-hybridized carbons (Fsp3) is 0.667. The quantitative estimate of drug-likeness (QED) is 0.835. The summed E-state index contributed by atoms with van der Waals surface area (Å²) in [5.74, 6) is -0.641. The monoisotopic (exact) mass is 330 g/mol. The van der Waals surface area contributed by atoms with E-state index >= 15 is 0 Å². The molecule has 1 saturated heterocycles. The van der Waals surface area contributed by atoms with Crippen LogP contribution in [0.2, 0.25) is 0 Å². The summed E-state index contributed by atoms with van der Waals surface area (Å²) in [7, 11) is 1.89. The van der Waals surface area contributed by atoms with E-state index in [4.69, 9.17) is 5.73 Å². The van der Waals surface area contributed by atoms with Gasteiger partial charge in [0.2, 0.25) is 0 Å². The van der Waals surface area contributed by atoms with Crippen molar-refractivity contribution in [3.05, 3.63) is 15.9 Å². The van der Waals surface area contributed by atoms with E-state index in [9.17, 15) is 9.90 Å². The van der Waals surface area contributed by atoms with E-state index in [1.165, 1.54) is 0 Å². The predicted octanol–water partition coefficient (Wildman–Crippen LogP) is 0.303. The number of β-amino-alcohol motifs (C(OH)–C–C–N with tert-alkyl or cyclic N) is 1. The van der Waals surface area contributed by atoms with E-state index in [2.05, 4.69) is 21.0 Å². The molecule has 2 heterocycles. The highest BCUT2D eigenvalue weighted by Crippen LogP contribution is 2.26. The van der Waals surface area contributed by atoms with Crippen molar-refractivity contribution in [3.63, 3.8) is 0 Å². The maximum absolute atomic E-state index is 11.3. The highest BCUT2D eigenvalue weighted by atomic mass is 79.9. The van der Waals surface area contributed by atoms with Gasteiger partial charge in [0.05, 0.1) is 15.9 Å². The zero-order valence-corrected chi connectivity index (χ0v) is 12.8. The molecule has 3 N–H and O–H groups in total. The number of carbonyl (C=O) groups excluding carboxylic acids is 1. The first-order chi connectivity index (χ1) is 8.83. The number of nitrogens with two attached hydrogens (primary N) is 1. The molecule has 0 aliphatic carbocycles. The third kappa shape index (κ3) is 2.82. The Morgan fingerprint density at radius 3 is 2.84 bits per heavy atom. The highest BCUT2D eigenvalue weighted by molar-refractivity contribution is 9.10. The summed E-state index contributed by atoms with van der Waals surface area (Å²) in [6.07, 6.45) is 1.19. The zero-order valence-electron chi connectivity index (χ0n) is 11.2. The maximum atomic E-state index is 11.3. The molecule has 1 aliphatic rings. The van der Waals surface area contributed by atoms with Gasteiger partial charge in [0.15, 0.2) is 5.60 Å². The summed E-state index contributed by atoms with van der Waals surface area (Å²) < 4.78 is 2.79. The Morgan fingerprint density at radius 1 is 1.63 bits per heavy atom. The van der Waals surface area contributed by atoms with Crippen molar-refractivity contribution < 1.29 is 9.90 Å². The summed E-state index contributed by atoms with van der Waals surface area (Å²) in [6.45, 7) is 3.68. The highest BCUT2D eigenvalue weighted by Gasteiger charge is 2.38. The number of aromatic nitrogens is 2. The Bertz CT molecular complexity index is 502. The molecule has 0 aromatic carbocycles. The molecule has 19 heavy (non-hydrogen) atoms. The van der Waals surface area contributed by atoms with Crippen molar-refractivity contribution in [1.82, 2.24) is 14.7 Å². The number of amides is 1. The minimum absolute atomic E-state index is 0.277. The predicted molar refractivity (Wildman–Crippen MR) is 74.3 cm³/mol. The van der Waals surface area contributed by atoms with E-state index < -0.39 is 11.5 Å². The van der Waals surface area contributed by atoms with Crippen LogP contribution in [0.25, 0.3) is 0 Å². The minimum atomic E-state index is -1.40. The van der Waals surface area contributed by atoms with Gasteiger partial charge >= 0.3 is 0 Å². The van der Waals surface area contributed by atoms with Crippen LogP contribution in [0.1, 0.15) is 24.2 Å². The Hall–Kier alpha value is -0.920. The largest absolute Gasteiger partial charge is 0.379 e. The van der Waals surface area contributed by atoms with Gasteiger partial charge in [0.1, 0.15) is 0 Å². The Labute approximate surface area is 120 Å². The number of primary amides is 1. The van der Waals surface area contributed by atoms with Gasteiger partial charge in [0, 0.05) is 20.1 Å². The van der Waals surface area contributed by atoms with Crippen LogP contribution in [0.3, 0.4) is 0 Å². The average molecular weight is 331 g/mol. The molecule has 1 atom stereocenters. The molecule has 106 valence electrons. The number of aryl methyl sites for hydroxylation is 2. The third-order valence-electron chi connectivity index (χ3n) is 3.64. The maximum Gasteiger partial charge on any atom is 0.250 e. The molecule has 1 aliphatic heterocycles. The van der Waals surface area contributed by atoms with E-state index in [0.29, 0.717) is 13.0 Å². The van der Waals surface area contributed by atoms with Crippen LogP contribution in [-0.4, -0.2) is 44.4 Å². The molecule has 0 saturated carbocycles. The zero-order chi connectivity index (χ0) is 14.2. The first-order valence-electron chi connectivity index (χ1n) is 6.26. The lowest BCUT2D eigenvalue weighted by Gasteiger charge is -2.37. The van der Waals surface area contributed by atoms with Crippen LogP contribution < -0.4 is 5.73 Å². The summed E-state index contributed by atoms with van der Waals surface area (Å²) in [6, 6.07) is 0. The van der Waals surface area contributed by atoms with Crippen molar-refractivity contribution in [2.75, 3.05) is 13.1 Å². The summed E-state index contributed by atoms with van der Waals surface area (Å²) in [4.78, 5) is 13.4. The smallest absolute Gasteiger partial charge is 0.250 e. The second-order valence-electron chi connectivity index (χ2n) is 5.18. The van der Waals surface area contributed by atoms with Crippen molar-refractivity contribution in [2.45, 2.75) is 31.9 Å². The fourth-order valence-electron chi connectivity index (χ4n) is 2.52. The molecule has 0 bridgehead atoms. The molecule has 0 spiro atoms. The van der Waals surface area contributed by atoms with Crippen LogP contribution >= 0.6 is 15.9 Å². The molecular weight excluding hydrogens is 312 g/mol. The fourth-order valence-corrected chi connectivity index (χ4v) is 2.98. The van der Waals surface area contributed by atoms with Gasteiger partial charge in [-0.2, -0.15) is 5.10 Å². The number of hydrogen-bond donors (Lipinski definition) is 2. The topological polar surface area (TPSA) is 84.4 Å². The van der Waals surface area contributed by atoms with Gasteiger partial charge in [-0.05, 0) is 42.2 Å². The normalized spacial score (nSPS) is 24.6. The van der Waals surface area contributed by atoms with Gasteiger partial charge in [0.25, 0.3) is 5.91 Å². The van der Waals surface area contributed by atoms with Gasteiger partial charge in [-0.25, -0.2) is 0 Å². The molecule has 1 amide bonds. The number of nitrogens with zero attached hydrogens (tertiary/aromatic N) is 3. The van der Waals surface area contributed by atoms with E-state index in [-0.39, 0.29) is 6.54 Å². The number of rotatable bonds is 3. The van der Waals surface area contributed by atoms with Gasteiger partial charge in [-0.3, -0.25) is 14.4 Å². The minimum Gasteiger partial charge on any atom is -0.379 e. The van der Waals surface area contributed by atoms with Crippen molar-refractivity contribution in [1.29, 1.82) is 0 Å². The van der Waals surface area contributed by atoms with Crippen molar-refractivity contribution >= 4 is 21.8 Å². The number of carbonyl (C=O) groups is 1. The lowest BCUT2D eigenvalue weighted by molar-refractivity contribution is -0.142. The SMILES string of the molecule is Cc1nn(C)c(CN2CCC[C@@](O)(C(N)=O)C2)c1Br. The Balaban J connectivity index is 2.13. The van der Waals surface area contributed by atoms with E-state index in [0.717, 1.165) is 28.8 Å². The van der Waals surface area contributed by atoms with E-state index in [1.807, 2.05) is 23.6 Å². The summed E-state index contributed by atoms with van der Waals surface area (Å²) >= 11 is 3.52. The second kappa shape index (κ2) is 5.22. The van der Waals surface area contributed by atoms with Crippen molar-refractivity contribution in [2.24, 2.45) is 12.8 Å².